The molecular weight excluding hydrogens is 388 g/mol. The Morgan fingerprint density at radius 2 is 1.87 bits per heavy atom. The number of carbonyl (C=O) groups is 4. The van der Waals surface area contributed by atoms with Crippen LogP contribution in [0.25, 0.3) is 0 Å². The minimum Gasteiger partial charge on any atom is -0.467 e. The quantitative estimate of drug-likeness (QED) is 0.464. The summed E-state index contributed by atoms with van der Waals surface area (Å²) < 4.78 is 10.3. The molecule has 158 valence electrons. The number of esters is 1. The van der Waals surface area contributed by atoms with E-state index < -0.39 is 17.8 Å². The van der Waals surface area contributed by atoms with Gasteiger partial charge in [0.25, 0.3) is 17.7 Å². The Bertz CT molecular complexity index is 951. The summed E-state index contributed by atoms with van der Waals surface area (Å²) in [6, 6.07) is 7.52. The van der Waals surface area contributed by atoms with Crippen molar-refractivity contribution in [1.82, 2.24) is 9.80 Å². The van der Waals surface area contributed by atoms with Crippen LogP contribution in [0.5, 0.6) is 0 Å². The van der Waals surface area contributed by atoms with Gasteiger partial charge in [0.1, 0.15) is 5.76 Å². The maximum Gasteiger partial charge on any atom is 0.338 e. The Labute approximate surface area is 174 Å². The van der Waals surface area contributed by atoms with Crippen LogP contribution >= 0.6 is 0 Å². The number of furan rings is 1. The smallest absolute Gasteiger partial charge is 0.338 e. The Kier molecular flexibility index (Phi) is 6.66. The average molecular weight is 412 g/mol. The average Bonchev–Trinajstić information content (AvgIpc) is 3.35. The Hall–Kier alpha value is -3.42. The van der Waals surface area contributed by atoms with Gasteiger partial charge < -0.3 is 14.1 Å². The summed E-state index contributed by atoms with van der Waals surface area (Å²) >= 11 is 0. The van der Waals surface area contributed by atoms with Crippen LogP contribution in [0.15, 0.2) is 41.0 Å². The highest BCUT2D eigenvalue weighted by molar-refractivity contribution is 6.21. The molecule has 2 aromatic rings. The van der Waals surface area contributed by atoms with Crippen LogP contribution in [0.2, 0.25) is 0 Å². The van der Waals surface area contributed by atoms with Crippen LogP contribution in [-0.2, 0) is 16.1 Å². The number of carbonyl (C=O) groups excluding carboxylic acids is 4. The van der Waals surface area contributed by atoms with Crippen molar-refractivity contribution in [2.75, 3.05) is 19.7 Å². The lowest BCUT2D eigenvalue weighted by atomic mass is 10.1. The zero-order chi connectivity index (χ0) is 21.7. The largest absolute Gasteiger partial charge is 0.467 e. The molecule has 0 atom stereocenters. The third kappa shape index (κ3) is 4.42. The molecule has 0 unspecified atom stereocenters. The van der Waals surface area contributed by atoms with Gasteiger partial charge in [-0.2, -0.15) is 0 Å². The Morgan fingerprint density at radius 1 is 1.10 bits per heavy atom. The van der Waals surface area contributed by atoms with Crippen molar-refractivity contribution in [3.05, 3.63) is 59.0 Å². The van der Waals surface area contributed by atoms with Crippen molar-refractivity contribution in [2.45, 2.75) is 33.2 Å². The summed E-state index contributed by atoms with van der Waals surface area (Å²) in [7, 11) is 0. The number of hydrogen-bond acceptors (Lipinski definition) is 6. The first-order chi connectivity index (χ1) is 14.5. The molecule has 3 rings (SSSR count). The van der Waals surface area contributed by atoms with E-state index in [1.807, 2.05) is 13.8 Å². The summed E-state index contributed by atoms with van der Waals surface area (Å²) in [5.41, 5.74) is 0.459. The molecule has 8 heteroatoms. The molecular formula is C22H24N2O6. The predicted octanol–water partition coefficient (Wildman–Crippen LogP) is 2.88. The van der Waals surface area contributed by atoms with Gasteiger partial charge in [-0.25, -0.2) is 4.79 Å². The molecule has 0 bridgehead atoms. The van der Waals surface area contributed by atoms with E-state index in [2.05, 4.69) is 0 Å². The van der Waals surface area contributed by atoms with Crippen LogP contribution in [0.4, 0.5) is 0 Å². The van der Waals surface area contributed by atoms with Crippen molar-refractivity contribution >= 4 is 23.7 Å². The minimum atomic E-state index is -0.720. The molecule has 0 radical (unpaired) electrons. The molecule has 0 spiro atoms. The number of amides is 3. The number of imide groups is 1. The number of fused-ring (bicyclic) bond motifs is 1. The molecule has 1 aromatic carbocycles. The Balaban J connectivity index is 1.66. The minimum absolute atomic E-state index is 0.0121. The molecule has 30 heavy (non-hydrogen) atoms. The van der Waals surface area contributed by atoms with E-state index in [1.165, 1.54) is 24.5 Å². The lowest BCUT2D eigenvalue weighted by molar-refractivity contribution is -0.134. The van der Waals surface area contributed by atoms with E-state index >= 15 is 0 Å². The van der Waals surface area contributed by atoms with Gasteiger partial charge in [0, 0.05) is 13.1 Å². The second kappa shape index (κ2) is 9.39. The van der Waals surface area contributed by atoms with Crippen LogP contribution < -0.4 is 0 Å². The summed E-state index contributed by atoms with van der Waals surface area (Å²) in [4.78, 5) is 52.5. The Morgan fingerprint density at radius 3 is 2.53 bits per heavy atom. The van der Waals surface area contributed by atoms with E-state index in [4.69, 9.17) is 9.15 Å². The van der Waals surface area contributed by atoms with Crippen LogP contribution in [-0.4, -0.2) is 53.2 Å². The fourth-order valence-corrected chi connectivity index (χ4v) is 3.23. The van der Waals surface area contributed by atoms with Gasteiger partial charge in [-0.05, 0) is 43.7 Å². The standard InChI is InChI=1S/C22H24N2O6/c1-3-5-10-23(4-2)19(25)14-30-22(28)15-8-9-17-18(12-15)21(27)24(20(17)26)13-16-7-6-11-29-16/h6-9,11-12H,3-5,10,13-14H2,1-2H3. The lowest BCUT2D eigenvalue weighted by Crippen LogP contribution is -2.35. The van der Waals surface area contributed by atoms with Gasteiger partial charge in [0.2, 0.25) is 0 Å². The van der Waals surface area contributed by atoms with Gasteiger partial charge in [-0.3, -0.25) is 19.3 Å². The van der Waals surface area contributed by atoms with E-state index in [0.29, 0.717) is 18.8 Å². The monoisotopic (exact) mass is 412 g/mol. The van der Waals surface area contributed by atoms with E-state index in [1.54, 1.807) is 17.0 Å². The molecule has 0 fully saturated rings. The van der Waals surface area contributed by atoms with Crippen molar-refractivity contribution in [3.63, 3.8) is 0 Å². The van der Waals surface area contributed by atoms with Gasteiger partial charge >= 0.3 is 5.97 Å². The number of nitrogens with zero attached hydrogens (tertiary/aromatic N) is 2. The highest BCUT2D eigenvalue weighted by Gasteiger charge is 2.36. The topological polar surface area (TPSA) is 97.1 Å². The van der Waals surface area contributed by atoms with Crippen molar-refractivity contribution in [3.8, 4) is 0 Å². The normalized spacial score (nSPS) is 12.8. The molecule has 0 aliphatic carbocycles. The lowest BCUT2D eigenvalue weighted by Gasteiger charge is -2.20. The number of likely N-dealkylation sites (N-methyl/N-ethyl adjacent to an activating group) is 1. The molecule has 8 nitrogen and oxygen atoms in total. The highest BCUT2D eigenvalue weighted by Crippen LogP contribution is 2.26. The molecule has 0 saturated carbocycles. The van der Waals surface area contributed by atoms with Crippen LogP contribution in [0, 0.1) is 0 Å². The zero-order valence-electron chi connectivity index (χ0n) is 17.1. The maximum atomic E-state index is 12.7. The van der Waals surface area contributed by atoms with Gasteiger partial charge in [-0.15, -0.1) is 0 Å². The molecule has 1 aliphatic rings. The fraction of sp³-hybridized carbons (Fsp3) is 0.364. The third-order valence-corrected chi connectivity index (χ3v) is 4.94. The number of ether oxygens (including phenoxy) is 1. The van der Waals surface area contributed by atoms with Crippen LogP contribution in [0.3, 0.4) is 0 Å². The molecule has 0 N–H and O–H groups in total. The molecule has 2 heterocycles. The predicted molar refractivity (Wildman–Crippen MR) is 107 cm³/mol. The van der Waals surface area contributed by atoms with Gasteiger partial charge in [0.05, 0.1) is 29.5 Å². The maximum absolute atomic E-state index is 12.7. The van der Waals surface area contributed by atoms with E-state index in [-0.39, 0.29) is 35.7 Å². The van der Waals surface area contributed by atoms with Crippen molar-refractivity contribution in [1.29, 1.82) is 0 Å². The number of hydrogen-bond donors (Lipinski definition) is 0. The number of benzene rings is 1. The van der Waals surface area contributed by atoms with E-state index in [0.717, 1.165) is 17.7 Å². The third-order valence-electron chi connectivity index (χ3n) is 4.94. The van der Waals surface area contributed by atoms with Crippen molar-refractivity contribution < 1.29 is 28.3 Å². The SMILES string of the molecule is CCCCN(CC)C(=O)COC(=O)c1ccc2c(c1)C(=O)N(Cc1ccco1)C2=O. The van der Waals surface area contributed by atoms with Gasteiger partial charge in [-0.1, -0.05) is 13.3 Å². The van der Waals surface area contributed by atoms with E-state index in [9.17, 15) is 19.2 Å². The first kappa shape index (κ1) is 21.3. The molecule has 1 aromatic heterocycles. The molecule has 1 aliphatic heterocycles. The summed E-state index contributed by atoms with van der Waals surface area (Å²) in [6.45, 7) is 4.70. The second-order valence-corrected chi connectivity index (χ2v) is 6.94. The first-order valence-corrected chi connectivity index (χ1v) is 9.93. The second-order valence-electron chi connectivity index (χ2n) is 6.94. The van der Waals surface area contributed by atoms with Gasteiger partial charge in [0.15, 0.2) is 6.61 Å². The summed E-state index contributed by atoms with van der Waals surface area (Å²) in [5, 5.41) is 0. The van der Waals surface area contributed by atoms with Crippen LogP contribution in [0.1, 0.15) is 63.5 Å². The first-order valence-electron chi connectivity index (χ1n) is 9.93. The number of unbranched alkanes of at least 4 members (excludes halogenated alkanes) is 1. The molecule has 3 amide bonds. The summed E-state index contributed by atoms with van der Waals surface area (Å²) in [5.74, 6) is -1.46. The molecule has 0 saturated heterocycles. The fourth-order valence-electron chi connectivity index (χ4n) is 3.23. The summed E-state index contributed by atoms with van der Waals surface area (Å²) in [6.07, 6.45) is 3.30. The zero-order valence-corrected chi connectivity index (χ0v) is 17.1. The highest BCUT2D eigenvalue weighted by atomic mass is 16.5. The number of rotatable bonds is 9. The van der Waals surface area contributed by atoms with Crippen molar-refractivity contribution in [2.24, 2.45) is 0 Å².